The smallest absolute Gasteiger partial charge is 0.306 e. The molecule has 0 aliphatic carbocycles. The highest BCUT2D eigenvalue weighted by atomic mass is 16.6. The van der Waals surface area contributed by atoms with Crippen molar-refractivity contribution < 1.29 is 28.6 Å². The second-order valence-corrected chi connectivity index (χ2v) is 18.8. The van der Waals surface area contributed by atoms with E-state index in [0.29, 0.717) is 19.3 Å². The number of ether oxygens (including phenoxy) is 3. The topological polar surface area (TPSA) is 78.9 Å². The molecule has 0 rings (SSSR count). The predicted molar refractivity (Wildman–Crippen MR) is 293 cm³/mol. The van der Waals surface area contributed by atoms with Crippen LogP contribution in [0, 0.1) is 0 Å². The van der Waals surface area contributed by atoms with Crippen LogP contribution < -0.4 is 0 Å². The third-order valence-electron chi connectivity index (χ3n) is 12.2. The van der Waals surface area contributed by atoms with Crippen LogP contribution in [0.4, 0.5) is 0 Å². The minimum absolute atomic E-state index is 0.0838. The van der Waals surface area contributed by atoms with E-state index in [2.05, 4.69) is 106 Å². The number of unbranched alkanes of at least 4 members (excludes halogenated alkanes) is 26. The monoisotopic (exact) mass is 947 g/mol. The first-order chi connectivity index (χ1) is 33.5. The van der Waals surface area contributed by atoms with Crippen molar-refractivity contribution in [3.8, 4) is 0 Å². The molecule has 1 atom stereocenters. The summed E-state index contributed by atoms with van der Waals surface area (Å²) in [5, 5.41) is 0. The van der Waals surface area contributed by atoms with Gasteiger partial charge in [-0.15, -0.1) is 0 Å². The maximum atomic E-state index is 12.8. The van der Waals surface area contributed by atoms with Gasteiger partial charge < -0.3 is 14.2 Å². The van der Waals surface area contributed by atoms with Gasteiger partial charge in [0.15, 0.2) is 6.10 Å². The van der Waals surface area contributed by atoms with Gasteiger partial charge in [-0.2, -0.15) is 0 Å². The fourth-order valence-corrected chi connectivity index (χ4v) is 7.89. The molecule has 0 radical (unpaired) electrons. The summed E-state index contributed by atoms with van der Waals surface area (Å²) in [6, 6.07) is 0. The Balaban J connectivity index is 4.36. The molecule has 6 heteroatoms. The van der Waals surface area contributed by atoms with Gasteiger partial charge in [0.25, 0.3) is 0 Å². The molecule has 0 aromatic rings. The Morgan fingerprint density at radius 1 is 0.309 bits per heavy atom. The second-order valence-electron chi connectivity index (χ2n) is 18.8. The molecule has 0 saturated heterocycles. The minimum atomic E-state index is -0.786. The van der Waals surface area contributed by atoms with Crippen molar-refractivity contribution in [2.24, 2.45) is 0 Å². The average molecular weight is 948 g/mol. The van der Waals surface area contributed by atoms with Gasteiger partial charge in [0, 0.05) is 19.3 Å². The molecule has 0 N–H and O–H groups in total. The van der Waals surface area contributed by atoms with E-state index in [0.717, 1.165) is 109 Å². The van der Waals surface area contributed by atoms with E-state index in [4.69, 9.17) is 14.2 Å². The van der Waals surface area contributed by atoms with Crippen LogP contribution >= 0.6 is 0 Å². The molecular formula is C62H106O6. The maximum Gasteiger partial charge on any atom is 0.306 e. The molecule has 0 aliphatic rings. The first kappa shape index (κ1) is 64.6. The van der Waals surface area contributed by atoms with Gasteiger partial charge in [-0.3, -0.25) is 14.4 Å². The number of hydrogen-bond donors (Lipinski definition) is 0. The van der Waals surface area contributed by atoms with Crippen molar-refractivity contribution >= 4 is 17.9 Å². The summed E-state index contributed by atoms with van der Waals surface area (Å²) in [5.41, 5.74) is 0. The Hall–Kier alpha value is -3.41. The Morgan fingerprint density at radius 2 is 0.574 bits per heavy atom. The summed E-state index contributed by atoms with van der Waals surface area (Å²) < 4.78 is 16.8. The van der Waals surface area contributed by atoms with Gasteiger partial charge >= 0.3 is 17.9 Å². The fourth-order valence-electron chi connectivity index (χ4n) is 7.89. The normalized spacial score (nSPS) is 12.7. The van der Waals surface area contributed by atoms with Crippen LogP contribution in [0.25, 0.3) is 0 Å². The first-order valence-electron chi connectivity index (χ1n) is 28.6. The van der Waals surface area contributed by atoms with Gasteiger partial charge in [0.05, 0.1) is 0 Å². The van der Waals surface area contributed by atoms with Crippen molar-refractivity contribution in [2.45, 2.75) is 277 Å². The van der Waals surface area contributed by atoms with Gasteiger partial charge in [0.1, 0.15) is 13.2 Å². The third-order valence-corrected chi connectivity index (χ3v) is 12.2. The van der Waals surface area contributed by atoms with E-state index >= 15 is 0 Å². The average Bonchev–Trinajstić information content (AvgIpc) is 3.34. The van der Waals surface area contributed by atoms with E-state index in [1.54, 1.807) is 0 Å². The summed E-state index contributed by atoms with van der Waals surface area (Å²) in [5.74, 6) is -0.912. The number of allylic oxidation sites excluding steroid dienone is 14. The minimum Gasteiger partial charge on any atom is -0.462 e. The molecule has 390 valence electrons. The molecule has 0 aromatic heterocycles. The molecule has 0 spiro atoms. The third kappa shape index (κ3) is 53.5. The van der Waals surface area contributed by atoms with Gasteiger partial charge in [-0.25, -0.2) is 0 Å². The molecule has 0 amide bonds. The zero-order chi connectivity index (χ0) is 49.3. The lowest BCUT2D eigenvalue weighted by molar-refractivity contribution is -0.167. The van der Waals surface area contributed by atoms with Crippen LogP contribution in [0.1, 0.15) is 271 Å². The molecule has 0 heterocycles. The first-order valence-corrected chi connectivity index (χ1v) is 28.6. The largest absolute Gasteiger partial charge is 0.462 e. The Bertz CT molecular complexity index is 1320. The molecule has 6 nitrogen and oxygen atoms in total. The Kier molecular flexibility index (Phi) is 53.4. The van der Waals surface area contributed by atoms with Gasteiger partial charge in [-0.05, 0) is 77.0 Å². The fraction of sp³-hybridized carbons (Fsp3) is 0.726. The van der Waals surface area contributed by atoms with E-state index in [1.165, 1.54) is 122 Å². The van der Waals surface area contributed by atoms with E-state index in [9.17, 15) is 14.4 Å². The highest BCUT2D eigenvalue weighted by molar-refractivity contribution is 5.71. The summed E-state index contributed by atoms with van der Waals surface area (Å²) in [4.78, 5) is 38.1. The molecular weight excluding hydrogens is 841 g/mol. The van der Waals surface area contributed by atoms with E-state index in [-0.39, 0.29) is 31.1 Å². The van der Waals surface area contributed by atoms with Crippen LogP contribution in [-0.2, 0) is 28.6 Å². The van der Waals surface area contributed by atoms with Crippen molar-refractivity contribution in [3.05, 3.63) is 85.1 Å². The molecule has 0 bridgehead atoms. The molecule has 0 aromatic carbocycles. The van der Waals surface area contributed by atoms with Crippen LogP contribution in [0.2, 0.25) is 0 Å². The van der Waals surface area contributed by atoms with Crippen LogP contribution in [0.3, 0.4) is 0 Å². The SMILES string of the molecule is CC/C=C\C/C=C\C/C=C\C/C=C\C/C=C\C/C=C\C/C=C\CCCCCC(=O)OCC(COC(=O)CCCCCCCCCCCCC)OC(=O)CCCCCCCCCCCCCCCC. The quantitative estimate of drug-likeness (QED) is 0.0262. The van der Waals surface area contributed by atoms with Crippen molar-refractivity contribution in [2.75, 3.05) is 13.2 Å². The van der Waals surface area contributed by atoms with Crippen LogP contribution in [-0.4, -0.2) is 37.2 Å². The van der Waals surface area contributed by atoms with Crippen LogP contribution in [0.5, 0.6) is 0 Å². The van der Waals surface area contributed by atoms with Gasteiger partial charge in [-0.1, -0.05) is 260 Å². The molecule has 0 saturated carbocycles. The van der Waals surface area contributed by atoms with Crippen molar-refractivity contribution in [1.82, 2.24) is 0 Å². The van der Waals surface area contributed by atoms with Gasteiger partial charge in [0.2, 0.25) is 0 Å². The summed E-state index contributed by atoms with van der Waals surface area (Å²) in [6.45, 7) is 6.50. The number of rotatable bonds is 51. The van der Waals surface area contributed by atoms with E-state index in [1.807, 2.05) is 0 Å². The number of hydrogen-bond acceptors (Lipinski definition) is 6. The Labute approximate surface area is 420 Å². The van der Waals surface area contributed by atoms with Crippen molar-refractivity contribution in [3.63, 3.8) is 0 Å². The number of carbonyl (C=O) groups is 3. The summed E-state index contributed by atoms with van der Waals surface area (Å²) in [6.07, 6.45) is 72.9. The van der Waals surface area contributed by atoms with Crippen LogP contribution in [0.15, 0.2) is 85.1 Å². The lowest BCUT2D eigenvalue weighted by Crippen LogP contribution is -2.30. The standard InChI is InChI=1S/C62H106O6/c1-4-7-10-13-16-19-22-24-26-27-28-29-30-31-32-33-34-35-36-38-40-43-46-49-52-55-61(64)67-58-59(57-66-60(63)54-51-48-45-42-39-21-18-15-12-9-6-3)68-62(65)56-53-50-47-44-41-37-25-23-20-17-14-11-8-5-2/h7,10,16,19,24,26,28-29,31-32,34-35,38,40,59H,4-6,8-9,11-15,17-18,20-23,25,27,30,33,36-37,39,41-58H2,1-3H3/b10-7-,19-16-,26-24-,29-28-,32-31-,35-34-,40-38-. The Morgan fingerprint density at radius 3 is 0.897 bits per heavy atom. The predicted octanol–water partition coefficient (Wildman–Crippen LogP) is 19.2. The zero-order valence-corrected chi connectivity index (χ0v) is 44.6. The van der Waals surface area contributed by atoms with E-state index < -0.39 is 6.10 Å². The second kappa shape index (κ2) is 56.2. The molecule has 0 fully saturated rings. The molecule has 68 heavy (non-hydrogen) atoms. The molecule has 1 unspecified atom stereocenters. The maximum absolute atomic E-state index is 12.8. The van der Waals surface area contributed by atoms with Crippen molar-refractivity contribution in [1.29, 1.82) is 0 Å². The zero-order valence-electron chi connectivity index (χ0n) is 44.6. The highest BCUT2D eigenvalue weighted by Crippen LogP contribution is 2.16. The summed E-state index contributed by atoms with van der Waals surface area (Å²) >= 11 is 0. The highest BCUT2D eigenvalue weighted by Gasteiger charge is 2.19. The lowest BCUT2D eigenvalue weighted by atomic mass is 10.0. The lowest BCUT2D eigenvalue weighted by Gasteiger charge is -2.18. The molecule has 0 aliphatic heterocycles. The number of esters is 3. The number of carbonyl (C=O) groups excluding carboxylic acids is 3. The summed E-state index contributed by atoms with van der Waals surface area (Å²) in [7, 11) is 0.